The van der Waals surface area contributed by atoms with Gasteiger partial charge in [-0.2, -0.15) is 0 Å². The van der Waals surface area contributed by atoms with Crippen LogP contribution in [0.4, 0.5) is 0 Å². The van der Waals surface area contributed by atoms with E-state index in [9.17, 15) is 24.7 Å². The van der Waals surface area contributed by atoms with E-state index in [1.54, 1.807) is 18.2 Å². The Kier molecular flexibility index (Phi) is 10.4. The lowest BCUT2D eigenvalue weighted by molar-refractivity contribution is -0.155. The summed E-state index contributed by atoms with van der Waals surface area (Å²) in [7, 11) is 0. The van der Waals surface area contributed by atoms with Crippen LogP contribution < -0.4 is 5.32 Å². The number of carbonyl (C=O) groups is 3. The number of amides is 3. The summed E-state index contributed by atoms with van der Waals surface area (Å²) in [6, 6.07) is 16.3. The Hall–Kier alpha value is -3.39. The van der Waals surface area contributed by atoms with E-state index in [2.05, 4.69) is 17.4 Å². The number of nitrogens with one attached hydrogen (secondary N) is 1. The Morgan fingerprint density at radius 1 is 0.974 bits per heavy atom. The fourth-order valence-electron chi connectivity index (χ4n) is 6.12. The van der Waals surface area contributed by atoms with E-state index < -0.39 is 12.0 Å². The number of rotatable bonds is 12. The molecular weight excluding hydrogens is 494 g/mol. The number of piperidine rings is 1. The second kappa shape index (κ2) is 14.1. The second-order valence-electron chi connectivity index (χ2n) is 11.2. The lowest BCUT2D eigenvalue weighted by Gasteiger charge is -2.35. The number of nitrogens with zero attached hydrogens (tertiary/aromatic N) is 2. The molecule has 39 heavy (non-hydrogen) atoms. The van der Waals surface area contributed by atoms with Gasteiger partial charge < -0.3 is 15.3 Å². The van der Waals surface area contributed by atoms with Crippen LogP contribution in [0.15, 0.2) is 54.6 Å². The van der Waals surface area contributed by atoms with Crippen molar-refractivity contribution in [2.24, 2.45) is 17.8 Å². The highest BCUT2D eigenvalue weighted by molar-refractivity contribution is 5.89. The summed E-state index contributed by atoms with van der Waals surface area (Å²) in [5.74, 6) is -0.108. The van der Waals surface area contributed by atoms with Gasteiger partial charge in [0.15, 0.2) is 0 Å². The minimum atomic E-state index is -0.806. The smallest absolute Gasteiger partial charge is 0.245 e. The van der Waals surface area contributed by atoms with Gasteiger partial charge in [0.05, 0.1) is 12.5 Å². The normalized spacial score (nSPS) is 17.9. The number of benzene rings is 2. The number of hydroxylamine groups is 2. The molecule has 0 radical (unpaired) electrons. The Bertz CT molecular complexity index is 1080. The summed E-state index contributed by atoms with van der Waals surface area (Å²) in [4.78, 5) is 40.2. The summed E-state index contributed by atoms with van der Waals surface area (Å²) < 4.78 is 0. The van der Waals surface area contributed by atoms with Gasteiger partial charge in [0.2, 0.25) is 18.2 Å². The molecule has 1 aliphatic heterocycles. The first-order valence-electron chi connectivity index (χ1n) is 14.2. The summed E-state index contributed by atoms with van der Waals surface area (Å²) in [6.45, 7) is 1.15. The van der Waals surface area contributed by atoms with Crippen molar-refractivity contribution in [1.82, 2.24) is 15.3 Å². The predicted octanol–water partition coefficient (Wildman–Crippen LogP) is 3.94. The van der Waals surface area contributed by atoms with E-state index in [4.69, 9.17) is 0 Å². The van der Waals surface area contributed by atoms with Crippen LogP contribution in [-0.2, 0) is 27.2 Å². The van der Waals surface area contributed by atoms with Gasteiger partial charge in [0.1, 0.15) is 11.8 Å². The van der Waals surface area contributed by atoms with E-state index >= 15 is 0 Å². The molecule has 2 fully saturated rings. The quantitative estimate of drug-likeness (QED) is 0.217. The first kappa shape index (κ1) is 28.6. The van der Waals surface area contributed by atoms with Gasteiger partial charge in [0.25, 0.3) is 0 Å². The fraction of sp³-hybridized carbons (Fsp3) is 0.516. The van der Waals surface area contributed by atoms with E-state index in [-0.39, 0.29) is 30.5 Å². The largest absolute Gasteiger partial charge is 0.508 e. The Morgan fingerprint density at radius 2 is 1.67 bits per heavy atom. The molecule has 210 valence electrons. The van der Waals surface area contributed by atoms with Gasteiger partial charge in [-0.3, -0.25) is 19.6 Å². The molecule has 0 bridgehead atoms. The number of phenols is 1. The average Bonchev–Trinajstić information content (AvgIpc) is 3.46. The maximum Gasteiger partial charge on any atom is 0.245 e. The maximum absolute atomic E-state index is 13.8. The van der Waals surface area contributed by atoms with Gasteiger partial charge in [-0.25, -0.2) is 5.06 Å². The van der Waals surface area contributed by atoms with E-state index in [1.807, 2.05) is 29.2 Å². The van der Waals surface area contributed by atoms with E-state index in [0.29, 0.717) is 42.8 Å². The number of hydrogen-bond donors (Lipinski definition) is 3. The SMILES string of the molecule is O=CN(O)C[C@@H](CC1CCCC1)C(=O)N[C@@H](Cc1cccc(O)c1)C(=O)N1CCC(Cc2ccccc2)CC1. The Balaban J connectivity index is 1.44. The molecule has 2 aromatic rings. The average molecular weight is 536 g/mol. The van der Waals surface area contributed by atoms with Crippen LogP contribution in [0.25, 0.3) is 0 Å². The first-order chi connectivity index (χ1) is 18.9. The van der Waals surface area contributed by atoms with Gasteiger partial charge in [-0.1, -0.05) is 68.1 Å². The van der Waals surface area contributed by atoms with Crippen LogP contribution >= 0.6 is 0 Å². The number of hydrogen-bond acceptors (Lipinski definition) is 5. The molecule has 1 heterocycles. The van der Waals surface area contributed by atoms with Crippen molar-refractivity contribution >= 4 is 18.2 Å². The van der Waals surface area contributed by atoms with Crippen molar-refractivity contribution in [2.75, 3.05) is 19.6 Å². The molecule has 3 N–H and O–H groups in total. The highest BCUT2D eigenvalue weighted by Gasteiger charge is 2.33. The topological polar surface area (TPSA) is 110 Å². The number of aromatic hydroxyl groups is 1. The molecule has 1 saturated heterocycles. The van der Waals surface area contributed by atoms with Crippen molar-refractivity contribution in [1.29, 1.82) is 0 Å². The zero-order valence-corrected chi connectivity index (χ0v) is 22.6. The zero-order valence-electron chi connectivity index (χ0n) is 22.6. The lowest BCUT2D eigenvalue weighted by atomic mass is 9.89. The van der Waals surface area contributed by atoms with Crippen molar-refractivity contribution in [3.8, 4) is 5.75 Å². The minimum absolute atomic E-state index is 0.104. The maximum atomic E-state index is 13.8. The summed E-state index contributed by atoms with van der Waals surface area (Å²) in [5, 5.41) is 23.3. The van der Waals surface area contributed by atoms with Crippen LogP contribution in [-0.4, -0.2) is 64.2 Å². The summed E-state index contributed by atoms with van der Waals surface area (Å²) in [5.41, 5.74) is 2.05. The molecule has 4 rings (SSSR count). The third-order valence-electron chi connectivity index (χ3n) is 8.25. The Labute approximate surface area is 231 Å². The molecule has 0 aromatic heterocycles. The second-order valence-corrected chi connectivity index (χ2v) is 11.2. The predicted molar refractivity (Wildman–Crippen MR) is 148 cm³/mol. The molecule has 8 nitrogen and oxygen atoms in total. The molecule has 1 aliphatic carbocycles. The highest BCUT2D eigenvalue weighted by atomic mass is 16.5. The molecule has 3 amide bonds. The van der Waals surface area contributed by atoms with Crippen LogP contribution in [0, 0.1) is 17.8 Å². The zero-order chi connectivity index (χ0) is 27.6. The van der Waals surface area contributed by atoms with Crippen molar-refractivity contribution < 1.29 is 24.7 Å². The third kappa shape index (κ3) is 8.55. The third-order valence-corrected chi connectivity index (χ3v) is 8.25. The molecular formula is C31H41N3O5. The standard InChI is InChI=1S/C31H41N3O5/c35-22-34(39)21-27(18-24-9-4-5-10-24)30(37)32-29(20-26-11-6-12-28(36)19-26)31(38)33-15-13-25(14-16-33)17-23-7-2-1-3-8-23/h1-3,6-8,11-12,19,22,24-25,27,29,36,39H,4-5,9-10,13-18,20-21H2,(H,32,37)/t27-,29+/m1/s1. The lowest BCUT2D eigenvalue weighted by Crippen LogP contribution is -2.53. The summed E-state index contributed by atoms with van der Waals surface area (Å²) >= 11 is 0. The molecule has 1 saturated carbocycles. The Morgan fingerprint density at radius 3 is 2.33 bits per heavy atom. The monoisotopic (exact) mass is 535 g/mol. The fourth-order valence-corrected chi connectivity index (χ4v) is 6.12. The minimum Gasteiger partial charge on any atom is -0.508 e. The van der Waals surface area contributed by atoms with Crippen LogP contribution in [0.3, 0.4) is 0 Å². The summed E-state index contributed by atoms with van der Waals surface area (Å²) in [6.07, 6.45) is 8.20. The van der Waals surface area contributed by atoms with Crippen LogP contribution in [0.1, 0.15) is 56.1 Å². The van der Waals surface area contributed by atoms with Crippen molar-refractivity contribution in [3.05, 3.63) is 65.7 Å². The molecule has 2 aliphatic rings. The molecule has 0 unspecified atom stereocenters. The van der Waals surface area contributed by atoms with E-state index in [0.717, 1.165) is 50.5 Å². The molecule has 2 aromatic carbocycles. The first-order valence-corrected chi connectivity index (χ1v) is 14.2. The molecule has 0 spiro atoms. The number of carbonyl (C=O) groups excluding carboxylic acids is 3. The van der Waals surface area contributed by atoms with E-state index in [1.165, 1.54) is 5.56 Å². The van der Waals surface area contributed by atoms with Gasteiger partial charge in [-0.15, -0.1) is 0 Å². The van der Waals surface area contributed by atoms with Crippen molar-refractivity contribution in [2.45, 2.75) is 63.8 Å². The molecule has 8 heteroatoms. The van der Waals surface area contributed by atoms with Gasteiger partial charge >= 0.3 is 0 Å². The van der Waals surface area contributed by atoms with Gasteiger partial charge in [-0.05, 0) is 60.8 Å². The van der Waals surface area contributed by atoms with Crippen molar-refractivity contribution in [3.63, 3.8) is 0 Å². The van der Waals surface area contributed by atoms with Gasteiger partial charge in [0, 0.05) is 19.5 Å². The number of likely N-dealkylation sites (tertiary alicyclic amines) is 1. The molecule has 2 atom stereocenters. The van der Waals surface area contributed by atoms with Crippen LogP contribution in [0.2, 0.25) is 0 Å². The highest BCUT2D eigenvalue weighted by Crippen LogP contribution is 2.31. The number of phenolic OH excluding ortho intramolecular Hbond substituents is 1. The van der Waals surface area contributed by atoms with Crippen LogP contribution in [0.5, 0.6) is 5.75 Å².